The van der Waals surface area contributed by atoms with E-state index in [2.05, 4.69) is 5.32 Å². The first-order valence-corrected chi connectivity index (χ1v) is 10.2. The normalized spacial score (nSPS) is 15.2. The van der Waals surface area contributed by atoms with Crippen LogP contribution in [0.25, 0.3) is 0 Å². The van der Waals surface area contributed by atoms with Gasteiger partial charge in [-0.25, -0.2) is 12.8 Å². The predicted octanol–water partition coefficient (Wildman–Crippen LogP) is 2.76. The van der Waals surface area contributed by atoms with Gasteiger partial charge >= 0.3 is 0 Å². The zero-order valence-electron chi connectivity index (χ0n) is 14.9. The maximum Gasteiger partial charge on any atom is 0.255 e. The van der Waals surface area contributed by atoms with E-state index in [0.717, 1.165) is 6.07 Å². The summed E-state index contributed by atoms with van der Waals surface area (Å²) in [6, 6.07) is 7.91. The Morgan fingerprint density at radius 3 is 2.57 bits per heavy atom. The van der Waals surface area contributed by atoms with Crippen molar-refractivity contribution in [2.75, 3.05) is 38.7 Å². The molecule has 1 saturated heterocycles. The van der Waals surface area contributed by atoms with E-state index in [1.807, 2.05) is 0 Å². The molecule has 7 nitrogen and oxygen atoms in total. The number of anilines is 1. The zero-order valence-corrected chi connectivity index (χ0v) is 16.5. The lowest BCUT2D eigenvalue weighted by atomic mass is 10.2. The van der Waals surface area contributed by atoms with Gasteiger partial charge in [0, 0.05) is 24.3 Å². The third-order valence-electron chi connectivity index (χ3n) is 4.19. The number of methoxy groups -OCH3 is 1. The van der Waals surface area contributed by atoms with Crippen molar-refractivity contribution in [3.8, 4) is 5.75 Å². The second-order valence-corrected chi connectivity index (χ2v) is 8.28. The number of halogens is 2. The molecule has 0 saturated carbocycles. The van der Waals surface area contributed by atoms with E-state index in [1.165, 1.54) is 41.7 Å². The maximum absolute atomic E-state index is 13.6. The summed E-state index contributed by atoms with van der Waals surface area (Å²) in [4.78, 5) is 12.4. The largest absolute Gasteiger partial charge is 0.495 e. The molecule has 1 amide bonds. The molecule has 3 rings (SSSR count). The van der Waals surface area contributed by atoms with Gasteiger partial charge in [0.15, 0.2) is 0 Å². The Kier molecular flexibility index (Phi) is 6.19. The molecule has 0 spiro atoms. The third-order valence-corrected chi connectivity index (χ3v) is 6.42. The van der Waals surface area contributed by atoms with Crippen LogP contribution >= 0.6 is 11.6 Å². The lowest BCUT2D eigenvalue weighted by Crippen LogP contribution is -2.40. The number of sulfonamides is 1. The van der Waals surface area contributed by atoms with Crippen LogP contribution in [0.5, 0.6) is 5.75 Å². The lowest BCUT2D eigenvalue weighted by molar-refractivity contribution is 0.0729. The molecule has 150 valence electrons. The van der Waals surface area contributed by atoms with E-state index in [4.69, 9.17) is 21.1 Å². The molecule has 1 fully saturated rings. The van der Waals surface area contributed by atoms with E-state index in [1.54, 1.807) is 0 Å². The van der Waals surface area contributed by atoms with Gasteiger partial charge in [0.2, 0.25) is 10.0 Å². The van der Waals surface area contributed by atoms with Crippen molar-refractivity contribution < 1.29 is 27.1 Å². The van der Waals surface area contributed by atoms with Gasteiger partial charge < -0.3 is 14.8 Å². The Morgan fingerprint density at radius 1 is 1.21 bits per heavy atom. The minimum Gasteiger partial charge on any atom is -0.495 e. The molecule has 1 N–H and O–H groups in total. The molecule has 10 heteroatoms. The van der Waals surface area contributed by atoms with Gasteiger partial charge in [-0.3, -0.25) is 4.79 Å². The zero-order chi connectivity index (χ0) is 20.3. The first kappa shape index (κ1) is 20.5. The summed E-state index contributed by atoms with van der Waals surface area (Å²) >= 11 is 5.63. The van der Waals surface area contributed by atoms with Crippen molar-refractivity contribution in [1.29, 1.82) is 0 Å². The molecule has 0 atom stereocenters. The molecule has 1 aliphatic heterocycles. The molecule has 2 aromatic rings. The fourth-order valence-electron chi connectivity index (χ4n) is 2.72. The Labute approximate surface area is 167 Å². The van der Waals surface area contributed by atoms with Crippen LogP contribution in [-0.4, -0.2) is 52.0 Å². The van der Waals surface area contributed by atoms with Crippen molar-refractivity contribution in [2.24, 2.45) is 0 Å². The van der Waals surface area contributed by atoms with Gasteiger partial charge in [0.25, 0.3) is 5.91 Å². The number of rotatable bonds is 5. The van der Waals surface area contributed by atoms with Crippen LogP contribution in [0.2, 0.25) is 5.02 Å². The first-order valence-electron chi connectivity index (χ1n) is 8.35. The van der Waals surface area contributed by atoms with Crippen molar-refractivity contribution in [1.82, 2.24) is 4.31 Å². The minimum absolute atomic E-state index is 0.0682. The molecule has 28 heavy (non-hydrogen) atoms. The average Bonchev–Trinajstić information content (AvgIpc) is 2.71. The second kappa shape index (κ2) is 8.44. The van der Waals surface area contributed by atoms with E-state index in [0.29, 0.717) is 13.2 Å². The summed E-state index contributed by atoms with van der Waals surface area (Å²) in [6.45, 7) is 1.02. The third kappa shape index (κ3) is 4.27. The highest BCUT2D eigenvalue weighted by atomic mass is 35.5. The standard InChI is InChI=1S/C18H18ClFN2O5S/c1-26-16-5-2-12(18(23)21-13-3-4-14(19)15(20)11-13)10-17(16)28(24,25)22-6-8-27-9-7-22/h2-5,10-11H,6-9H2,1H3,(H,21,23). The molecule has 2 aromatic carbocycles. The van der Waals surface area contributed by atoms with Gasteiger partial charge in [0.05, 0.1) is 25.3 Å². The van der Waals surface area contributed by atoms with Gasteiger partial charge in [-0.1, -0.05) is 11.6 Å². The first-order chi connectivity index (χ1) is 13.3. The predicted molar refractivity (Wildman–Crippen MR) is 102 cm³/mol. The Bertz CT molecular complexity index is 993. The molecule has 1 heterocycles. The summed E-state index contributed by atoms with van der Waals surface area (Å²) < 4.78 is 51.2. The lowest BCUT2D eigenvalue weighted by Gasteiger charge is -2.26. The fourth-order valence-corrected chi connectivity index (χ4v) is 4.43. The van der Waals surface area contributed by atoms with Gasteiger partial charge in [-0.15, -0.1) is 0 Å². The highest BCUT2D eigenvalue weighted by Gasteiger charge is 2.30. The highest BCUT2D eigenvalue weighted by molar-refractivity contribution is 7.89. The van der Waals surface area contributed by atoms with Gasteiger partial charge in [-0.05, 0) is 36.4 Å². The van der Waals surface area contributed by atoms with Crippen LogP contribution in [-0.2, 0) is 14.8 Å². The number of amides is 1. The fraction of sp³-hybridized carbons (Fsp3) is 0.278. The minimum atomic E-state index is -3.88. The summed E-state index contributed by atoms with van der Waals surface area (Å²) in [5.41, 5.74) is 0.281. The van der Waals surface area contributed by atoms with E-state index in [9.17, 15) is 17.6 Å². The number of nitrogens with one attached hydrogen (secondary N) is 1. The quantitative estimate of drug-likeness (QED) is 0.791. The number of carbonyl (C=O) groups excluding carboxylic acids is 1. The van der Waals surface area contributed by atoms with Crippen LogP contribution in [0.1, 0.15) is 10.4 Å². The number of carbonyl (C=O) groups is 1. The summed E-state index contributed by atoms with van der Waals surface area (Å²) in [5, 5.41) is 2.45. The monoisotopic (exact) mass is 428 g/mol. The van der Waals surface area contributed by atoms with Crippen LogP contribution in [0, 0.1) is 5.82 Å². The summed E-state index contributed by atoms with van der Waals surface area (Å²) in [5.74, 6) is -1.15. The van der Waals surface area contributed by atoms with Crippen molar-refractivity contribution in [2.45, 2.75) is 4.90 Å². The second-order valence-electron chi connectivity index (χ2n) is 5.97. The number of nitrogens with zero attached hydrogens (tertiary/aromatic N) is 1. The molecule has 0 bridgehead atoms. The molecule has 0 radical (unpaired) electrons. The van der Waals surface area contributed by atoms with E-state index >= 15 is 0 Å². The molecule has 0 unspecified atom stereocenters. The maximum atomic E-state index is 13.6. The number of hydrogen-bond donors (Lipinski definition) is 1. The summed E-state index contributed by atoms with van der Waals surface area (Å²) in [7, 11) is -2.52. The molecule has 0 aliphatic carbocycles. The van der Waals surface area contributed by atoms with Crippen LogP contribution in [0.4, 0.5) is 10.1 Å². The highest BCUT2D eigenvalue weighted by Crippen LogP contribution is 2.29. The van der Waals surface area contributed by atoms with E-state index < -0.39 is 21.7 Å². The number of morpholine rings is 1. The Balaban J connectivity index is 1.91. The van der Waals surface area contributed by atoms with Gasteiger partial charge in [0.1, 0.15) is 16.5 Å². The molecular weight excluding hydrogens is 411 g/mol. The van der Waals surface area contributed by atoms with Crippen molar-refractivity contribution >= 4 is 33.2 Å². The molecule has 1 aliphatic rings. The summed E-state index contributed by atoms with van der Waals surface area (Å²) in [6.07, 6.45) is 0. The van der Waals surface area contributed by atoms with Crippen molar-refractivity contribution in [3.05, 3.63) is 52.8 Å². The Hall–Kier alpha value is -2.20. The number of ether oxygens (including phenoxy) is 2. The smallest absolute Gasteiger partial charge is 0.255 e. The van der Waals surface area contributed by atoms with Crippen LogP contribution in [0.3, 0.4) is 0 Å². The topological polar surface area (TPSA) is 84.9 Å². The molecular formula is C18H18ClFN2O5S. The van der Waals surface area contributed by atoms with E-state index in [-0.39, 0.29) is 40.0 Å². The SMILES string of the molecule is COc1ccc(C(=O)Nc2ccc(Cl)c(F)c2)cc1S(=O)(=O)N1CCOCC1. The van der Waals surface area contributed by atoms with Crippen molar-refractivity contribution in [3.63, 3.8) is 0 Å². The molecule has 0 aromatic heterocycles. The number of hydrogen-bond acceptors (Lipinski definition) is 5. The van der Waals surface area contributed by atoms with Crippen LogP contribution < -0.4 is 10.1 Å². The van der Waals surface area contributed by atoms with Crippen LogP contribution in [0.15, 0.2) is 41.3 Å². The average molecular weight is 429 g/mol. The van der Waals surface area contributed by atoms with Gasteiger partial charge in [-0.2, -0.15) is 4.31 Å². The number of benzene rings is 2. The Morgan fingerprint density at radius 2 is 1.93 bits per heavy atom.